The Labute approximate surface area is 155 Å². The minimum atomic E-state index is -3.32. The van der Waals surface area contributed by atoms with Crippen LogP contribution < -0.4 is 0 Å². The summed E-state index contributed by atoms with van der Waals surface area (Å²) in [6.07, 6.45) is -0.883. The summed E-state index contributed by atoms with van der Waals surface area (Å²) in [5, 5.41) is 0.0297. The second kappa shape index (κ2) is 8.39. The van der Waals surface area contributed by atoms with Gasteiger partial charge in [-0.25, -0.2) is 13.2 Å². The molecule has 0 heterocycles. The summed E-state index contributed by atoms with van der Waals surface area (Å²) >= 11 is 0. The van der Waals surface area contributed by atoms with Crippen molar-refractivity contribution in [3.8, 4) is 0 Å². The fraction of sp³-hybridized carbons (Fsp3) is 0.941. The van der Waals surface area contributed by atoms with E-state index in [4.69, 9.17) is 9.16 Å². The number of nitrogens with zero attached hydrogens (tertiary/aromatic N) is 1. The first-order valence-corrected chi connectivity index (χ1v) is 13.4. The standard InChI is InChI=1S/C17H37NO5SSi/c1-14(23-25(9,10)17(5,6)7)13-24(20,21)12-11-18(8)15(19)22-16(2,3)4/h14H,11-13H2,1-10H3. The Morgan fingerprint density at radius 1 is 1.12 bits per heavy atom. The first-order valence-electron chi connectivity index (χ1n) is 8.69. The van der Waals surface area contributed by atoms with Gasteiger partial charge in [-0.2, -0.15) is 0 Å². The van der Waals surface area contributed by atoms with E-state index in [0.29, 0.717) is 0 Å². The van der Waals surface area contributed by atoms with E-state index < -0.39 is 29.8 Å². The van der Waals surface area contributed by atoms with Crippen LogP contribution in [-0.2, 0) is 19.0 Å². The molecule has 6 nitrogen and oxygen atoms in total. The second-order valence-corrected chi connectivity index (χ2v) is 16.2. The molecule has 0 aromatic carbocycles. The van der Waals surface area contributed by atoms with Gasteiger partial charge in [-0.05, 0) is 45.8 Å². The number of carbonyl (C=O) groups is 1. The molecule has 1 unspecified atom stereocenters. The molecule has 0 aliphatic heterocycles. The molecule has 0 fully saturated rings. The maximum Gasteiger partial charge on any atom is 0.410 e. The molecule has 0 rings (SSSR count). The van der Waals surface area contributed by atoms with Gasteiger partial charge in [0.15, 0.2) is 18.2 Å². The van der Waals surface area contributed by atoms with Crippen LogP contribution in [0.2, 0.25) is 18.1 Å². The fourth-order valence-electron chi connectivity index (χ4n) is 1.86. The molecule has 0 aliphatic rings. The van der Waals surface area contributed by atoms with Crippen LogP contribution >= 0.6 is 0 Å². The van der Waals surface area contributed by atoms with Crippen LogP contribution in [-0.4, -0.2) is 64.5 Å². The largest absolute Gasteiger partial charge is 0.444 e. The van der Waals surface area contributed by atoms with Gasteiger partial charge in [-0.3, -0.25) is 0 Å². The molecule has 1 atom stereocenters. The van der Waals surface area contributed by atoms with Gasteiger partial charge in [0.25, 0.3) is 0 Å². The highest BCUT2D eigenvalue weighted by atomic mass is 32.2. The summed E-state index contributed by atoms with van der Waals surface area (Å²) in [7, 11) is -3.79. The Morgan fingerprint density at radius 3 is 2.00 bits per heavy atom. The highest BCUT2D eigenvalue weighted by Gasteiger charge is 2.39. The van der Waals surface area contributed by atoms with Crippen LogP contribution in [0.5, 0.6) is 0 Å². The summed E-state index contributed by atoms with van der Waals surface area (Å²) in [4.78, 5) is 13.2. The van der Waals surface area contributed by atoms with Gasteiger partial charge < -0.3 is 14.1 Å². The Hall–Kier alpha value is -0.603. The maximum atomic E-state index is 12.3. The van der Waals surface area contributed by atoms with Crippen molar-refractivity contribution in [2.24, 2.45) is 0 Å². The fourth-order valence-corrected chi connectivity index (χ4v) is 4.93. The quantitative estimate of drug-likeness (QED) is 0.615. The molecule has 0 bridgehead atoms. The third-order valence-electron chi connectivity index (χ3n) is 4.23. The van der Waals surface area contributed by atoms with Crippen LogP contribution in [0.15, 0.2) is 0 Å². The van der Waals surface area contributed by atoms with E-state index in [-0.39, 0.29) is 29.2 Å². The topological polar surface area (TPSA) is 72.9 Å². The number of hydrogen-bond donors (Lipinski definition) is 0. The zero-order valence-corrected chi connectivity index (χ0v) is 19.4. The molecule has 150 valence electrons. The lowest BCUT2D eigenvalue weighted by Gasteiger charge is -2.38. The average Bonchev–Trinajstić information content (AvgIpc) is 2.30. The molecule has 25 heavy (non-hydrogen) atoms. The van der Waals surface area contributed by atoms with E-state index in [1.54, 1.807) is 34.7 Å². The molecular formula is C17H37NO5SSi. The highest BCUT2D eigenvalue weighted by Crippen LogP contribution is 2.37. The molecule has 1 amide bonds. The Balaban J connectivity index is 4.62. The minimum absolute atomic E-state index is 0.0297. The van der Waals surface area contributed by atoms with E-state index in [1.165, 1.54) is 4.90 Å². The van der Waals surface area contributed by atoms with Crippen LogP contribution in [0.3, 0.4) is 0 Å². The maximum absolute atomic E-state index is 12.3. The minimum Gasteiger partial charge on any atom is -0.444 e. The van der Waals surface area contributed by atoms with Gasteiger partial charge in [0.2, 0.25) is 0 Å². The zero-order chi connectivity index (χ0) is 20.3. The number of amides is 1. The van der Waals surface area contributed by atoms with Crippen molar-refractivity contribution in [2.75, 3.05) is 25.1 Å². The molecule has 0 saturated carbocycles. The first kappa shape index (κ1) is 24.4. The SMILES string of the molecule is CC(CS(=O)(=O)CCN(C)C(=O)OC(C)(C)C)O[Si](C)(C)C(C)(C)C. The van der Waals surface area contributed by atoms with Crippen LogP contribution in [0.25, 0.3) is 0 Å². The van der Waals surface area contributed by atoms with Gasteiger partial charge in [0.1, 0.15) is 5.60 Å². The van der Waals surface area contributed by atoms with E-state index in [9.17, 15) is 13.2 Å². The lowest BCUT2D eigenvalue weighted by atomic mass is 10.2. The van der Waals surface area contributed by atoms with Crippen LogP contribution in [0, 0.1) is 0 Å². The summed E-state index contributed by atoms with van der Waals surface area (Å²) in [6.45, 7) is 17.8. The molecule has 0 aromatic rings. The Bertz CT molecular complexity index is 546. The predicted molar refractivity (Wildman–Crippen MR) is 105 cm³/mol. The van der Waals surface area contributed by atoms with Gasteiger partial charge in [0.05, 0.1) is 17.6 Å². The first-order chi connectivity index (χ1) is 10.9. The number of hydrogen-bond acceptors (Lipinski definition) is 5. The summed E-state index contributed by atoms with van der Waals surface area (Å²) in [5.41, 5.74) is -0.601. The van der Waals surface area contributed by atoms with Crippen molar-refractivity contribution >= 4 is 24.2 Å². The predicted octanol–water partition coefficient (Wildman–Crippen LogP) is 3.68. The molecule has 0 spiro atoms. The van der Waals surface area contributed by atoms with Gasteiger partial charge in [-0.15, -0.1) is 0 Å². The third kappa shape index (κ3) is 9.60. The summed E-state index contributed by atoms with van der Waals surface area (Å²) in [6, 6.07) is 0. The lowest BCUT2D eigenvalue weighted by molar-refractivity contribution is 0.0309. The second-order valence-electron chi connectivity index (χ2n) is 9.21. The van der Waals surface area contributed by atoms with Gasteiger partial charge in [0, 0.05) is 13.6 Å². The van der Waals surface area contributed by atoms with Crippen molar-refractivity contribution in [1.29, 1.82) is 0 Å². The smallest absolute Gasteiger partial charge is 0.410 e. The van der Waals surface area contributed by atoms with Crippen LogP contribution in [0.4, 0.5) is 4.79 Å². The molecule has 0 saturated heterocycles. The number of ether oxygens (including phenoxy) is 1. The monoisotopic (exact) mass is 395 g/mol. The van der Waals surface area contributed by atoms with E-state index in [0.717, 1.165) is 0 Å². The molecule has 0 N–H and O–H groups in total. The van der Waals surface area contributed by atoms with E-state index in [1.807, 2.05) is 0 Å². The van der Waals surface area contributed by atoms with Crippen LogP contribution in [0.1, 0.15) is 48.5 Å². The summed E-state index contributed by atoms with van der Waals surface area (Å²) in [5.74, 6) is -0.143. The number of carbonyl (C=O) groups excluding carboxylic acids is 1. The zero-order valence-electron chi connectivity index (χ0n) is 17.6. The Morgan fingerprint density at radius 2 is 1.60 bits per heavy atom. The van der Waals surface area contributed by atoms with E-state index in [2.05, 4.69) is 33.9 Å². The van der Waals surface area contributed by atoms with Crippen molar-refractivity contribution in [2.45, 2.75) is 78.3 Å². The molecule has 0 aliphatic carbocycles. The molecule has 8 heteroatoms. The van der Waals surface area contributed by atoms with Crippen molar-refractivity contribution in [1.82, 2.24) is 4.90 Å². The van der Waals surface area contributed by atoms with Crippen molar-refractivity contribution in [3.05, 3.63) is 0 Å². The van der Waals surface area contributed by atoms with Crippen molar-refractivity contribution < 1.29 is 22.4 Å². The normalized spacial score (nSPS) is 15.0. The Kier molecular flexibility index (Phi) is 8.19. The van der Waals surface area contributed by atoms with Crippen molar-refractivity contribution in [3.63, 3.8) is 0 Å². The lowest BCUT2D eigenvalue weighted by Crippen LogP contribution is -2.45. The van der Waals surface area contributed by atoms with Gasteiger partial charge in [-0.1, -0.05) is 20.8 Å². The highest BCUT2D eigenvalue weighted by molar-refractivity contribution is 7.91. The summed E-state index contributed by atoms with van der Waals surface area (Å²) < 4.78 is 36.0. The van der Waals surface area contributed by atoms with E-state index >= 15 is 0 Å². The molecular weight excluding hydrogens is 358 g/mol. The molecule has 0 aromatic heterocycles. The third-order valence-corrected chi connectivity index (χ3v) is 10.6. The number of rotatable bonds is 7. The van der Waals surface area contributed by atoms with Gasteiger partial charge >= 0.3 is 6.09 Å². The number of sulfone groups is 1. The average molecular weight is 396 g/mol. The molecule has 0 radical (unpaired) electrons.